The third-order valence-electron chi connectivity index (χ3n) is 3.94. The van der Waals surface area contributed by atoms with Gasteiger partial charge in [0, 0.05) is 30.1 Å². The van der Waals surface area contributed by atoms with Crippen LogP contribution in [-0.2, 0) is 23.1 Å². The lowest BCUT2D eigenvalue weighted by molar-refractivity contribution is -0.152. The van der Waals surface area contributed by atoms with Crippen molar-refractivity contribution in [2.24, 2.45) is 18.7 Å². The van der Waals surface area contributed by atoms with Crippen molar-refractivity contribution in [3.63, 3.8) is 0 Å². The third kappa shape index (κ3) is 3.47. The highest BCUT2D eigenvalue weighted by Gasteiger charge is 2.29. The number of hydrogen-bond donors (Lipinski definition) is 2. The third-order valence-corrected chi connectivity index (χ3v) is 3.94. The molecular formula is C17H22N2O4. The number of rotatable bonds is 6. The molecule has 0 fully saturated rings. The number of amides is 1. The van der Waals surface area contributed by atoms with Crippen LogP contribution in [-0.4, -0.2) is 27.2 Å². The van der Waals surface area contributed by atoms with Gasteiger partial charge in [0.2, 0.25) is 5.91 Å². The van der Waals surface area contributed by atoms with E-state index in [1.165, 1.54) is 13.8 Å². The molecule has 6 nitrogen and oxygen atoms in total. The first kappa shape index (κ1) is 16.9. The standard InChI is InChI=1S/C17H22N2O4/c1-10(15(18)20)7-11-9-19(4)14-6-5-12(8-13(11)14)23-17(2,3)16(21)22/h5-6,8-10H,7H2,1-4H3,(H2,18,20)(H,21,22)/t10-/m0/s1. The predicted octanol–water partition coefficient (Wildman–Crippen LogP) is 2.08. The van der Waals surface area contributed by atoms with Crippen LogP contribution in [0, 0.1) is 5.92 Å². The Balaban J connectivity index is 2.41. The summed E-state index contributed by atoms with van der Waals surface area (Å²) in [7, 11) is 1.92. The zero-order chi connectivity index (χ0) is 17.4. The summed E-state index contributed by atoms with van der Waals surface area (Å²) in [5, 5.41) is 10.1. The summed E-state index contributed by atoms with van der Waals surface area (Å²) in [5.74, 6) is -1.18. The summed E-state index contributed by atoms with van der Waals surface area (Å²) in [6.07, 6.45) is 2.48. The molecule has 1 atom stereocenters. The predicted molar refractivity (Wildman–Crippen MR) is 87.3 cm³/mol. The minimum Gasteiger partial charge on any atom is -0.478 e. The summed E-state index contributed by atoms with van der Waals surface area (Å²) in [4.78, 5) is 22.5. The molecular weight excluding hydrogens is 296 g/mol. The van der Waals surface area contributed by atoms with Crippen LogP contribution in [0.25, 0.3) is 10.9 Å². The number of nitrogens with two attached hydrogens (primary N) is 1. The van der Waals surface area contributed by atoms with E-state index in [9.17, 15) is 14.7 Å². The van der Waals surface area contributed by atoms with Gasteiger partial charge >= 0.3 is 5.97 Å². The number of carbonyl (C=O) groups excluding carboxylic acids is 1. The van der Waals surface area contributed by atoms with E-state index >= 15 is 0 Å². The molecule has 0 saturated carbocycles. The number of aryl methyl sites for hydroxylation is 1. The highest BCUT2D eigenvalue weighted by atomic mass is 16.5. The van der Waals surface area contributed by atoms with Crippen molar-refractivity contribution in [3.05, 3.63) is 30.0 Å². The first-order valence-electron chi connectivity index (χ1n) is 7.41. The maximum absolute atomic E-state index is 11.3. The fourth-order valence-electron chi connectivity index (χ4n) is 2.45. The van der Waals surface area contributed by atoms with Gasteiger partial charge in [0.15, 0.2) is 5.60 Å². The average Bonchev–Trinajstić information content (AvgIpc) is 2.74. The van der Waals surface area contributed by atoms with Crippen LogP contribution >= 0.6 is 0 Å². The molecule has 23 heavy (non-hydrogen) atoms. The van der Waals surface area contributed by atoms with E-state index in [1.807, 2.05) is 29.9 Å². The molecule has 124 valence electrons. The number of aromatic nitrogens is 1. The molecule has 1 amide bonds. The number of benzene rings is 1. The summed E-state index contributed by atoms with van der Waals surface area (Å²) in [5.41, 5.74) is 5.99. The molecule has 3 N–H and O–H groups in total. The van der Waals surface area contributed by atoms with Crippen molar-refractivity contribution in [2.45, 2.75) is 32.8 Å². The minimum absolute atomic E-state index is 0.277. The highest BCUT2D eigenvalue weighted by Crippen LogP contribution is 2.29. The second kappa shape index (κ2) is 5.95. The number of ether oxygens (including phenoxy) is 1. The molecule has 2 rings (SSSR count). The zero-order valence-electron chi connectivity index (χ0n) is 13.8. The molecule has 1 aromatic carbocycles. The second-order valence-electron chi connectivity index (χ2n) is 6.37. The molecule has 0 radical (unpaired) electrons. The lowest BCUT2D eigenvalue weighted by Gasteiger charge is -2.21. The van der Waals surface area contributed by atoms with Crippen molar-refractivity contribution < 1.29 is 19.4 Å². The first-order valence-corrected chi connectivity index (χ1v) is 7.41. The Hall–Kier alpha value is -2.50. The number of primary amides is 1. The summed E-state index contributed by atoms with van der Waals surface area (Å²) in [6.45, 7) is 4.79. The Labute approximate surface area is 134 Å². The van der Waals surface area contributed by atoms with E-state index in [2.05, 4.69) is 0 Å². The van der Waals surface area contributed by atoms with Gasteiger partial charge in [-0.3, -0.25) is 4.79 Å². The molecule has 0 saturated heterocycles. The van der Waals surface area contributed by atoms with Crippen LogP contribution in [0.1, 0.15) is 26.3 Å². The Kier molecular flexibility index (Phi) is 4.36. The number of aliphatic carboxylic acids is 1. The number of carbonyl (C=O) groups is 2. The molecule has 1 aromatic heterocycles. The van der Waals surface area contributed by atoms with Crippen molar-refractivity contribution in [3.8, 4) is 5.75 Å². The highest BCUT2D eigenvalue weighted by molar-refractivity contribution is 5.86. The molecule has 2 aromatic rings. The molecule has 6 heteroatoms. The molecule has 0 aliphatic rings. The lowest BCUT2D eigenvalue weighted by atomic mass is 10.00. The quantitative estimate of drug-likeness (QED) is 0.852. The van der Waals surface area contributed by atoms with Crippen LogP contribution in [0.3, 0.4) is 0 Å². The van der Waals surface area contributed by atoms with E-state index in [0.717, 1.165) is 16.5 Å². The van der Waals surface area contributed by atoms with Gasteiger partial charge in [-0.05, 0) is 44.0 Å². The molecule has 0 spiro atoms. The number of fused-ring (bicyclic) bond motifs is 1. The normalized spacial score (nSPS) is 13.0. The Morgan fingerprint density at radius 1 is 1.39 bits per heavy atom. The smallest absolute Gasteiger partial charge is 0.347 e. The molecule has 0 bridgehead atoms. The average molecular weight is 318 g/mol. The van der Waals surface area contributed by atoms with Gasteiger partial charge in [0.25, 0.3) is 0 Å². The van der Waals surface area contributed by atoms with Gasteiger partial charge in [-0.15, -0.1) is 0 Å². The summed E-state index contributed by atoms with van der Waals surface area (Å²) >= 11 is 0. The summed E-state index contributed by atoms with van der Waals surface area (Å²) in [6, 6.07) is 5.43. The molecule has 1 heterocycles. The zero-order valence-corrected chi connectivity index (χ0v) is 13.8. The van der Waals surface area contributed by atoms with Gasteiger partial charge in [0.05, 0.1) is 0 Å². The number of carboxylic acid groups (broad SMARTS) is 1. The van der Waals surface area contributed by atoms with Crippen LogP contribution in [0.2, 0.25) is 0 Å². The van der Waals surface area contributed by atoms with Crippen molar-refractivity contribution in [1.82, 2.24) is 4.57 Å². The van der Waals surface area contributed by atoms with Crippen LogP contribution in [0.15, 0.2) is 24.4 Å². The SMILES string of the molecule is C[C@@H](Cc1cn(C)c2ccc(OC(C)(C)C(=O)O)cc12)C(N)=O. The van der Waals surface area contributed by atoms with Gasteiger partial charge < -0.3 is 20.1 Å². The maximum atomic E-state index is 11.3. The first-order chi connectivity index (χ1) is 10.6. The van der Waals surface area contributed by atoms with E-state index in [4.69, 9.17) is 10.5 Å². The van der Waals surface area contributed by atoms with Crippen molar-refractivity contribution in [2.75, 3.05) is 0 Å². The van der Waals surface area contributed by atoms with Crippen molar-refractivity contribution in [1.29, 1.82) is 0 Å². The number of hydrogen-bond acceptors (Lipinski definition) is 3. The topological polar surface area (TPSA) is 94.6 Å². The summed E-state index contributed by atoms with van der Waals surface area (Å²) < 4.78 is 7.55. The van der Waals surface area contributed by atoms with Gasteiger partial charge in [-0.2, -0.15) is 0 Å². The van der Waals surface area contributed by atoms with E-state index in [1.54, 1.807) is 13.0 Å². The fourth-order valence-corrected chi connectivity index (χ4v) is 2.45. The minimum atomic E-state index is -1.32. The van der Waals surface area contributed by atoms with Crippen LogP contribution < -0.4 is 10.5 Å². The second-order valence-corrected chi connectivity index (χ2v) is 6.37. The van der Waals surface area contributed by atoms with E-state index < -0.39 is 11.6 Å². The Morgan fingerprint density at radius 2 is 2.04 bits per heavy atom. The lowest BCUT2D eigenvalue weighted by Crippen LogP contribution is -2.37. The van der Waals surface area contributed by atoms with Crippen molar-refractivity contribution >= 4 is 22.8 Å². The Morgan fingerprint density at radius 3 is 2.61 bits per heavy atom. The van der Waals surface area contributed by atoms with Gasteiger partial charge in [0.1, 0.15) is 5.75 Å². The van der Waals surface area contributed by atoms with Crippen LogP contribution in [0.4, 0.5) is 0 Å². The number of carboxylic acids is 1. The maximum Gasteiger partial charge on any atom is 0.347 e. The fraction of sp³-hybridized carbons (Fsp3) is 0.412. The molecule has 0 aliphatic heterocycles. The Bertz CT molecular complexity index is 761. The van der Waals surface area contributed by atoms with Gasteiger partial charge in [-0.1, -0.05) is 6.92 Å². The number of nitrogens with zero attached hydrogens (tertiary/aromatic N) is 1. The monoisotopic (exact) mass is 318 g/mol. The van der Waals surface area contributed by atoms with Gasteiger partial charge in [-0.25, -0.2) is 4.79 Å². The van der Waals surface area contributed by atoms with E-state index in [-0.39, 0.29) is 11.8 Å². The molecule has 0 unspecified atom stereocenters. The van der Waals surface area contributed by atoms with Crippen LogP contribution in [0.5, 0.6) is 5.75 Å². The molecule has 0 aliphatic carbocycles. The largest absolute Gasteiger partial charge is 0.478 e. The van der Waals surface area contributed by atoms with E-state index in [0.29, 0.717) is 12.2 Å².